The van der Waals surface area contributed by atoms with Crippen LogP contribution in [0.15, 0.2) is 18.2 Å². The largest absolute Gasteiger partial charge is 0.573 e. The van der Waals surface area contributed by atoms with Crippen molar-refractivity contribution in [3.8, 4) is 5.75 Å². The van der Waals surface area contributed by atoms with Gasteiger partial charge in [-0.1, -0.05) is 17.7 Å². The van der Waals surface area contributed by atoms with Crippen molar-refractivity contribution in [2.24, 2.45) is 7.05 Å². The Morgan fingerprint density at radius 2 is 2.06 bits per heavy atom. The van der Waals surface area contributed by atoms with Gasteiger partial charge in [0.25, 0.3) is 0 Å². The van der Waals surface area contributed by atoms with Crippen molar-refractivity contribution in [2.45, 2.75) is 6.36 Å². The van der Waals surface area contributed by atoms with E-state index in [0.717, 1.165) is 0 Å². The fraction of sp³-hybridized carbons (Fsp3) is 0.222. The van der Waals surface area contributed by atoms with Gasteiger partial charge in [-0.15, -0.1) is 13.2 Å². The molecule has 0 atom stereocenters. The molecule has 7 heteroatoms. The van der Waals surface area contributed by atoms with Crippen molar-refractivity contribution < 1.29 is 17.9 Å². The number of halogens is 4. The van der Waals surface area contributed by atoms with E-state index >= 15 is 0 Å². The van der Waals surface area contributed by atoms with Gasteiger partial charge in [-0.2, -0.15) is 5.10 Å². The summed E-state index contributed by atoms with van der Waals surface area (Å²) in [6.45, 7) is 0. The van der Waals surface area contributed by atoms with E-state index in [0.29, 0.717) is 5.39 Å². The molecular weight excluding hydrogens is 245 g/mol. The molecule has 0 aliphatic rings. The Morgan fingerprint density at radius 1 is 1.38 bits per heavy atom. The minimum atomic E-state index is -4.73. The number of aryl methyl sites for hydroxylation is 1. The average molecular weight is 251 g/mol. The predicted octanol–water partition coefficient (Wildman–Crippen LogP) is 3.13. The fourth-order valence-electron chi connectivity index (χ4n) is 1.47. The molecule has 0 amide bonds. The van der Waals surface area contributed by atoms with Gasteiger partial charge < -0.3 is 4.74 Å². The number of nitrogens with zero attached hydrogens (tertiary/aromatic N) is 2. The molecule has 0 fully saturated rings. The first-order chi connectivity index (χ1) is 7.38. The number of fused-ring (bicyclic) bond motifs is 1. The number of alkyl halides is 3. The molecule has 2 rings (SSSR count). The zero-order valence-corrected chi connectivity index (χ0v) is 8.80. The molecule has 0 bridgehead atoms. The number of hydrogen-bond donors (Lipinski definition) is 0. The highest BCUT2D eigenvalue weighted by Crippen LogP contribution is 2.33. The van der Waals surface area contributed by atoms with Crippen LogP contribution in [0.5, 0.6) is 5.75 Å². The number of hydrogen-bond acceptors (Lipinski definition) is 2. The highest BCUT2D eigenvalue weighted by molar-refractivity contribution is 6.34. The molecule has 0 radical (unpaired) electrons. The Hall–Kier alpha value is -1.43. The maximum Gasteiger partial charge on any atom is 0.573 e. The van der Waals surface area contributed by atoms with Gasteiger partial charge in [0.05, 0.1) is 0 Å². The van der Waals surface area contributed by atoms with Gasteiger partial charge in [0.2, 0.25) is 0 Å². The van der Waals surface area contributed by atoms with Gasteiger partial charge in [-0.25, -0.2) is 0 Å². The zero-order chi connectivity index (χ0) is 11.9. The third kappa shape index (κ3) is 1.92. The summed E-state index contributed by atoms with van der Waals surface area (Å²) in [5.74, 6) is -0.313. The second kappa shape index (κ2) is 3.55. The molecule has 0 unspecified atom stereocenters. The molecule has 0 aliphatic carbocycles. The lowest BCUT2D eigenvalue weighted by atomic mass is 10.2. The van der Waals surface area contributed by atoms with Gasteiger partial charge in [0.15, 0.2) is 10.9 Å². The van der Waals surface area contributed by atoms with Crippen LogP contribution in [0, 0.1) is 0 Å². The van der Waals surface area contributed by atoms with Gasteiger partial charge in [0, 0.05) is 12.4 Å². The van der Waals surface area contributed by atoms with E-state index < -0.39 is 6.36 Å². The van der Waals surface area contributed by atoms with Gasteiger partial charge in [-0.05, 0) is 12.1 Å². The molecule has 1 aromatic carbocycles. The third-order valence-corrected chi connectivity index (χ3v) is 2.29. The van der Waals surface area contributed by atoms with Crippen molar-refractivity contribution in [1.82, 2.24) is 9.78 Å². The van der Waals surface area contributed by atoms with E-state index in [9.17, 15) is 13.2 Å². The molecule has 0 saturated heterocycles. The quantitative estimate of drug-likeness (QED) is 0.778. The highest BCUT2D eigenvalue weighted by Gasteiger charge is 2.32. The number of rotatable bonds is 1. The molecule has 2 aromatic rings. The summed E-state index contributed by atoms with van der Waals surface area (Å²) in [5, 5.41) is 4.38. The molecule has 16 heavy (non-hydrogen) atoms. The van der Waals surface area contributed by atoms with Crippen molar-refractivity contribution in [3.05, 3.63) is 23.4 Å². The Morgan fingerprint density at radius 3 is 2.69 bits per heavy atom. The number of aromatic nitrogens is 2. The Kier molecular flexibility index (Phi) is 2.46. The average Bonchev–Trinajstić information content (AvgIpc) is 2.41. The number of ether oxygens (including phenoxy) is 1. The first-order valence-corrected chi connectivity index (χ1v) is 4.63. The summed E-state index contributed by atoms with van der Waals surface area (Å²) in [5.41, 5.74) is 0.213. The van der Waals surface area contributed by atoms with Crippen LogP contribution in [0.4, 0.5) is 13.2 Å². The molecule has 0 saturated carbocycles. The monoisotopic (exact) mass is 250 g/mol. The first kappa shape index (κ1) is 11.1. The zero-order valence-electron chi connectivity index (χ0n) is 8.05. The lowest BCUT2D eigenvalue weighted by molar-refractivity contribution is -0.274. The summed E-state index contributed by atoms with van der Waals surface area (Å²) in [6, 6.07) is 4.22. The van der Waals surface area contributed by atoms with Crippen molar-refractivity contribution in [2.75, 3.05) is 0 Å². The van der Waals surface area contributed by atoms with Crippen LogP contribution >= 0.6 is 11.6 Å². The van der Waals surface area contributed by atoms with E-state index in [4.69, 9.17) is 11.6 Å². The highest BCUT2D eigenvalue weighted by atomic mass is 35.5. The lowest BCUT2D eigenvalue weighted by Crippen LogP contribution is -2.17. The van der Waals surface area contributed by atoms with Gasteiger partial charge >= 0.3 is 6.36 Å². The van der Waals surface area contributed by atoms with Crippen molar-refractivity contribution >= 4 is 22.5 Å². The first-order valence-electron chi connectivity index (χ1n) is 4.25. The smallest absolute Gasteiger partial charge is 0.403 e. The maximum absolute atomic E-state index is 12.1. The van der Waals surface area contributed by atoms with E-state index in [1.807, 2.05) is 0 Å². The maximum atomic E-state index is 12.1. The molecule has 86 valence electrons. The van der Waals surface area contributed by atoms with E-state index in [-0.39, 0.29) is 16.4 Å². The van der Waals surface area contributed by atoms with Gasteiger partial charge in [0.1, 0.15) is 5.52 Å². The van der Waals surface area contributed by atoms with Gasteiger partial charge in [-0.3, -0.25) is 4.68 Å². The van der Waals surface area contributed by atoms with Crippen molar-refractivity contribution in [1.29, 1.82) is 0 Å². The van der Waals surface area contributed by atoms with Crippen LogP contribution in [0.25, 0.3) is 10.9 Å². The summed E-state index contributed by atoms with van der Waals surface area (Å²) >= 11 is 5.75. The second-order valence-electron chi connectivity index (χ2n) is 3.11. The van der Waals surface area contributed by atoms with Crippen LogP contribution < -0.4 is 4.74 Å². The minimum absolute atomic E-state index is 0.144. The predicted molar refractivity (Wildman–Crippen MR) is 52.4 cm³/mol. The molecule has 1 aromatic heterocycles. The molecule has 0 N–H and O–H groups in total. The van der Waals surface area contributed by atoms with Crippen LogP contribution in [0.3, 0.4) is 0 Å². The van der Waals surface area contributed by atoms with E-state index in [2.05, 4.69) is 9.84 Å². The Bertz CT molecular complexity index is 535. The second-order valence-corrected chi connectivity index (χ2v) is 3.47. The molecule has 0 aliphatic heterocycles. The SMILES string of the molecule is Cn1nc(Cl)c2cccc(OC(F)(F)F)c21. The summed E-state index contributed by atoms with van der Waals surface area (Å²) in [4.78, 5) is 0. The third-order valence-electron chi connectivity index (χ3n) is 2.01. The standard InChI is InChI=1S/C9H6ClF3N2O/c1-15-7-5(8(10)14-15)3-2-4-6(7)16-9(11,12)13/h2-4H,1H3. The van der Waals surface area contributed by atoms with Crippen LogP contribution in [-0.2, 0) is 7.05 Å². The summed E-state index contributed by atoms with van der Waals surface area (Å²) in [6.07, 6.45) is -4.73. The molecule has 3 nitrogen and oxygen atoms in total. The number of para-hydroxylation sites is 1. The van der Waals surface area contributed by atoms with Crippen LogP contribution in [-0.4, -0.2) is 16.1 Å². The summed E-state index contributed by atoms with van der Waals surface area (Å²) in [7, 11) is 1.50. The number of benzene rings is 1. The summed E-state index contributed by atoms with van der Waals surface area (Å²) < 4.78 is 41.5. The normalized spacial score (nSPS) is 12.1. The van der Waals surface area contributed by atoms with E-state index in [1.54, 1.807) is 6.07 Å². The Balaban J connectivity index is 2.62. The minimum Gasteiger partial charge on any atom is -0.403 e. The fourth-order valence-corrected chi connectivity index (χ4v) is 1.73. The molecule has 1 heterocycles. The van der Waals surface area contributed by atoms with Crippen LogP contribution in [0.2, 0.25) is 5.15 Å². The van der Waals surface area contributed by atoms with Crippen molar-refractivity contribution in [3.63, 3.8) is 0 Å². The molecule has 0 spiro atoms. The molecular formula is C9H6ClF3N2O. The van der Waals surface area contributed by atoms with E-state index in [1.165, 1.54) is 23.9 Å². The van der Waals surface area contributed by atoms with Crippen LogP contribution in [0.1, 0.15) is 0 Å². The topological polar surface area (TPSA) is 27.1 Å². The lowest BCUT2D eigenvalue weighted by Gasteiger charge is -2.10. The Labute approximate surface area is 93.4 Å².